The van der Waals surface area contributed by atoms with Crippen LogP contribution in [0.25, 0.3) is 0 Å². The van der Waals surface area contributed by atoms with Gasteiger partial charge < -0.3 is 4.74 Å². The Morgan fingerprint density at radius 3 is 2.72 bits per heavy atom. The fourth-order valence-corrected chi connectivity index (χ4v) is 2.69. The number of nitrogens with zero attached hydrogens (tertiary/aromatic N) is 4. The zero-order valence-corrected chi connectivity index (χ0v) is 12.9. The molecule has 1 aromatic heterocycles. The van der Waals surface area contributed by atoms with Gasteiger partial charge in [-0.25, -0.2) is 9.48 Å². The average Bonchev–Trinajstić information content (AvgIpc) is 3.02. The molecule has 0 fully saturated rings. The van der Waals surface area contributed by atoms with Crippen LogP contribution in [0.5, 0.6) is 0 Å². The number of hydrogen-bond donors (Lipinski definition) is 0. The zero-order chi connectivity index (χ0) is 18.0. The third-order valence-corrected chi connectivity index (χ3v) is 3.87. The van der Waals surface area contributed by atoms with Gasteiger partial charge >= 0.3 is 12.3 Å². The third kappa shape index (κ3) is 3.28. The maximum Gasteiger partial charge on any atom is 0.415 e. The van der Waals surface area contributed by atoms with Crippen molar-refractivity contribution < 1.29 is 22.7 Å². The van der Waals surface area contributed by atoms with Crippen molar-refractivity contribution in [2.24, 2.45) is 0 Å². The van der Waals surface area contributed by atoms with Crippen LogP contribution in [0.3, 0.4) is 0 Å². The number of ether oxygens (including phenoxy) is 1. The molecule has 9 heteroatoms. The maximum absolute atomic E-state index is 13.2. The minimum Gasteiger partial charge on any atom is -0.444 e. The van der Waals surface area contributed by atoms with E-state index < -0.39 is 18.3 Å². The summed E-state index contributed by atoms with van der Waals surface area (Å²) in [5, 5.41) is 12.8. The molecule has 2 aromatic rings. The van der Waals surface area contributed by atoms with E-state index in [0.717, 1.165) is 16.7 Å². The minimum atomic E-state index is -4.52. The highest BCUT2D eigenvalue weighted by Gasteiger charge is 2.47. The van der Waals surface area contributed by atoms with Crippen LogP contribution in [0.15, 0.2) is 36.5 Å². The molecule has 1 aliphatic rings. The Balaban J connectivity index is 1.84. The van der Waals surface area contributed by atoms with Crippen LogP contribution in [0.1, 0.15) is 23.6 Å². The van der Waals surface area contributed by atoms with E-state index in [2.05, 4.69) is 5.10 Å². The summed E-state index contributed by atoms with van der Waals surface area (Å²) in [4.78, 5) is 13.4. The van der Waals surface area contributed by atoms with Crippen molar-refractivity contribution in [3.63, 3.8) is 0 Å². The minimum absolute atomic E-state index is 0.0190. The number of rotatable bonds is 2. The van der Waals surface area contributed by atoms with Crippen LogP contribution in [0.2, 0.25) is 0 Å². The van der Waals surface area contributed by atoms with Gasteiger partial charge in [0, 0.05) is 6.54 Å². The predicted octanol–water partition coefficient (Wildman–Crippen LogP) is 3.41. The number of nitriles is 1. The first-order chi connectivity index (χ1) is 11.9. The number of hydrogen-bond acceptors (Lipinski definition) is 4. The molecule has 0 aliphatic carbocycles. The number of alkyl halides is 3. The number of benzene rings is 1. The van der Waals surface area contributed by atoms with Crippen LogP contribution in [-0.4, -0.2) is 28.6 Å². The Hall–Kier alpha value is -3.02. The number of amides is 1. The number of halogens is 3. The first-order valence-electron chi connectivity index (χ1n) is 7.44. The van der Waals surface area contributed by atoms with Crippen LogP contribution in [0, 0.1) is 11.3 Å². The van der Waals surface area contributed by atoms with E-state index >= 15 is 0 Å². The standard InChI is InChI=1S/C16H13F3N4O2/c17-16(18,19)13-6-7-22(14-12(8-20)9-21-23(13)14)15(24)25-10-11-4-2-1-3-5-11/h1-5,9,13H,6-7,10H2. The van der Waals surface area contributed by atoms with Crippen molar-refractivity contribution in [3.05, 3.63) is 47.7 Å². The molecular formula is C16H13F3N4O2. The molecule has 1 unspecified atom stereocenters. The molecule has 0 bridgehead atoms. The zero-order valence-electron chi connectivity index (χ0n) is 12.9. The van der Waals surface area contributed by atoms with Crippen molar-refractivity contribution in [3.8, 4) is 6.07 Å². The third-order valence-electron chi connectivity index (χ3n) is 3.87. The van der Waals surface area contributed by atoms with Gasteiger partial charge in [0.15, 0.2) is 11.9 Å². The summed E-state index contributed by atoms with van der Waals surface area (Å²) in [7, 11) is 0. The average molecular weight is 350 g/mol. The van der Waals surface area contributed by atoms with E-state index in [1.165, 1.54) is 0 Å². The highest BCUT2D eigenvalue weighted by atomic mass is 19.4. The molecule has 1 atom stereocenters. The van der Waals surface area contributed by atoms with Gasteiger partial charge in [0.2, 0.25) is 0 Å². The Morgan fingerprint density at radius 1 is 1.36 bits per heavy atom. The topological polar surface area (TPSA) is 71.2 Å². The molecule has 2 heterocycles. The monoisotopic (exact) mass is 350 g/mol. The molecule has 1 aromatic carbocycles. The number of anilines is 1. The summed E-state index contributed by atoms with van der Waals surface area (Å²) >= 11 is 0. The highest BCUT2D eigenvalue weighted by Crippen LogP contribution is 2.40. The van der Waals surface area contributed by atoms with Gasteiger partial charge in [0.1, 0.15) is 18.2 Å². The van der Waals surface area contributed by atoms with Crippen LogP contribution < -0.4 is 4.90 Å². The summed E-state index contributed by atoms with van der Waals surface area (Å²) in [6.45, 7) is -0.229. The number of carbonyl (C=O) groups is 1. The summed E-state index contributed by atoms with van der Waals surface area (Å²) in [6, 6.07) is 8.78. The van der Waals surface area contributed by atoms with Crippen LogP contribution >= 0.6 is 0 Å². The molecule has 0 saturated carbocycles. The van der Waals surface area contributed by atoms with Gasteiger partial charge in [0.05, 0.1) is 6.20 Å². The summed E-state index contributed by atoms with van der Waals surface area (Å²) in [5.74, 6) is -0.186. The van der Waals surface area contributed by atoms with Crippen LogP contribution in [0.4, 0.5) is 23.8 Å². The van der Waals surface area contributed by atoms with Gasteiger partial charge in [-0.15, -0.1) is 0 Å². The van der Waals surface area contributed by atoms with E-state index in [9.17, 15) is 18.0 Å². The Morgan fingerprint density at radius 2 is 2.08 bits per heavy atom. The second-order valence-electron chi connectivity index (χ2n) is 5.48. The fourth-order valence-electron chi connectivity index (χ4n) is 2.69. The molecular weight excluding hydrogens is 337 g/mol. The molecule has 25 heavy (non-hydrogen) atoms. The molecule has 130 valence electrons. The largest absolute Gasteiger partial charge is 0.444 e. The van der Waals surface area contributed by atoms with E-state index in [1.807, 2.05) is 6.07 Å². The normalized spacial score (nSPS) is 16.9. The van der Waals surface area contributed by atoms with Gasteiger partial charge in [0.25, 0.3) is 0 Å². The highest BCUT2D eigenvalue weighted by molar-refractivity contribution is 5.88. The van der Waals surface area contributed by atoms with Crippen molar-refractivity contribution in [2.75, 3.05) is 11.4 Å². The number of aromatic nitrogens is 2. The molecule has 0 spiro atoms. The summed E-state index contributed by atoms with van der Waals surface area (Å²) in [5.41, 5.74) is 0.639. The van der Waals surface area contributed by atoms with Gasteiger partial charge in [-0.05, 0) is 12.0 Å². The van der Waals surface area contributed by atoms with E-state index in [-0.39, 0.29) is 31.0 Å². The fraction of sp³-hybridized carbons (Fsp3) is 0.312. The van der Waals surface area contributed by atoms with Gasteiger partial charge in [-0.3, -0.25) is 4.90 Å². The first-order valence-corrected chi connectivity index (χ1v) is 7.44. The van der Waals surface area contributed by atoms with Gasteiger partial charge in [-0.1, -0.05) is 30.3 Å². The van der Waals surface area contributed by atoms with E-state index in [1.54, 1.807) is 30.3 Å². The maximum atomic E-state index is 13.2. The quantitative estimate of drug-likeness (QED) is 0.832. The second kappa shape index (κ2) is 6.47. The Labute approximate surface area is 141 Å². The summed E-state index contributed by atoms with van der Waals surface area (Å²) in [6.07, 6.45) is -4.67. The molecule has 0 saturated heterocycles. The van der Waals surface area contributed by atoms with E-state index in [4.69, 9.17) is 10.00 Å². The summed E-state index contributed by atoms with van der Waals surface area (Å²) < 4.78 is 45.3. The Kier molecular flexibility index (Phi) is 4.35. The van der Waals surface area contributed by atoms with Crippen molar-refractivity contribution >= 4 is 11.9 Å². The Bertz CT molecular complexity index is 811. The lowest BCUT2D eigenvalue weighted by Crippen LogP contribution is -2.43. The van der Waals surface area contributed by atoms with Gasteiger partial charge in [-0.2, -0.15) is 23.5 Å². The van der Waals surface area contributed by atoms with E-state index in [0.29, 0.717) is 4.68 Å². The molecule has 1 aliphatic heterocycles. The lowest BCUT2D eigenvalue weighted by molar-refractivity contribution is -0.172. The molecule has 3 rings (SSSR count). The van der Waals surface area contributed by atoms with Crippen molar-refractivity contribution in [1.82, 2.24) is 9.78 Å². The predicted molar refractivity (Wildman–Crippen MR) is 80.6 cm³/mol. The molecule has 0 radical (unpaired) electrons. The SMILES string of the molecule is N#Cc1cnn2c1N(C(=O)OCc1ccccc1)CCC2C(F)(F)F. The number of fused-ring (bicyclic) bond motifs is 1. The lowest BCUT2D eigenvalue weighted by atomic mass is 10.1. The smallest absolute Gasteiger partial charge is 0.415 e. The molecule has 0 N–H and O–H groups in total. The van der Waals surface area contributed by atoms with Crippen molar-refractivity contribution in [2.45, 2.75) is 25.2 Å². The molecule has 1 amide bonds. The lowest BCUT2D eigenvalue weighted by Gasteiger charge is -2.33. The van der Waals surface area contributed by atoms with Crippen LogP contribution in [-0.2, 0) is 11.3 Å². The second-order valence-corrected chi connectivity index (χ2v) is 5.48. The number of carbonyl (C=O) groups excluding carboxylic acids is 1. The van der Waals surface area contributed by atoms with Crippen molar-refractivity contribution in [1.29, 1.82) is 5.26 Å². The first kappa shape index (κ1) is 16.8. The molecule has 6 nitrogen and oxygen atoms in total.